The predicted octanol–water partition coefficient (Wildman–Crippen LogP) is 8.18. The molecule has 0 amide bonds. The lowest BCUT2D eigenvalue weighted by Gasteiger charge is -2.03. The second kappa shape index (κ2) is 4.70. The molecule has 0 unspecified atom stereocenters. The first-order valence-corrected chi connectivity index (χ1v) is 10.6. The quantitative estimate of drug-likeness (QED) is 0.261. The molecule has 0 aliphatic heterocycles. The zero-order valence-electron chi connectivity index (χ0n) is 15.2. The number of rotatable bonds is 0. The number of benzene rings is 5. The summed E-state index contributed by atoms with van der Waals surface area (Å²) in [5.74, 6) is 0. The molecular weight excluding hydrogens is 374 g/mol. The molecule has 0 atom stereocenters. The highest BCUT2D eigenvalue weighted by Crippen LogP contribution is 2.46. The molecule has 2 nitrogen and oxygen atoms in total. The van der Waals surface area contributed by atoms with E-state index in [4.69, 9.17) is 4.42 Å². The first-order chi connectivity index (χ1) is 14.4. The molecule has 0 radical (unpaired) electrons. The second-order valence-corrected chi connectivity index (χ2v) is 8.89. The normalized spacial score (nSPS) is 12.8. The molecular formula is C26H13NOS. The van der Waals surface area contributed by atoms with Crippen LogP contribution in [-0.2, 0) is 0 Å². The van der Waals surface area contributed by atoms with Crippen LogP contribution in [0.4, 0.5) is 0 Å². The van der Waals surface area contributed by atoms with E-state index in [0.29, 0.717) is 0 Å². The number of aromatic nitrogens is 1. The smallest absolute Gasteiger partial charge is 0.143 e. The fourth-order valence-corrected chi connectivity index (χ4v) is 6.31. The van der Waals surface area contributed by atoms with Gasteiger partial charge in [0.25, 0.3) is 0 Å². The van der Waals surface area contributed by atoms with Gasteiger partial charge in [-0.2, -0.15) is 0 Å². The molecule has 8 aromatic rings. The molecule has 3 heteroatoms. The monoisotopic (exact) mass is 387 g/mol. The van der Waals surface area contributed by atoms with Gasteiger partial charge < -0.3 is 9.40 Å². The second-order valence-electron chi connectivity index (χ2n) is 7.84. The zero-order chi connectivity index (χ0) is 18.7. The lowest BCUT2D eigenvalue weighted by atomic mass is 9.98. The average Bonchev–Trinajstić information content (AvgIpc) is 3.43. The van der Waals surface area contributed by atoms with E-state index in [0.717, 1.165) is 11.2 Å². The van der Waals surface area contributed by atoms with Crippen LogP contribution in [0.25, 0.3) is 74.7 Å². The van der Waals surface area contributed by atoms with Crippen molar-refractivity contribution in [3.63, 3.8) is 0 Å². The number of hydrogen-bond donors (Lipinski definition) is 1. The first-order valence-electron chi connectivity index (χ1n) is 9.79. The minimum absolute atomic E-state index is 0.946. The van der Waals surface area contributed by atoms with Gasteiger partial charge in [0.15, 0.2) is 0 Å². The van der Waals surface area contributed by atoms with E-state index in [2.05, 4.69) is 65.6 Å². The maximum atomic E-state index is 6.30. The van der Waals surface area contributed by atoms with Gasteiger partial charge in [0.1, 0.15) is 11.2 Å². The van der Waals surface area contributed by atoms with Crippen molar-refractivity contribution in [1.82, 2.24) is 4.98 Å². The number of nitrogens with one attached hydrogen (secondary N) is 1. The van der Waals surface area contributed by atoms with Crippen LogP contribution in [0.1, 0.15) is 0 Å². The molecule has 8 rings (SSSR count). The lowest BCUT2D eigenvalue weighted by Crippen LogP contribution is -1.78. The fraction of sp³-hybridized carbons (Fsp3) is 0. The minimum atomic E-state index is 0.946. The summed E-state index contributed by atoms with van der Waals surface area (Å²) in [4.78, 5) is 3.78. The SMILES string of the molecule is c1ccc2c(c1)oc1c2cc2[nH]c3c4sc5ccccc5c4cc4ccc1c2c43. The Morgan fingerprint density at radius 3 is 2.52 bits per heavy atom. The van der Waals surface area contributed by atoms with Crippen LogP contribution in [0.15, 0.2) is 77.2 Å². The van der Waals surface area contributed by atoms with Crippen LogP contribution in [0.2, 0.25) is 0 Å². The van der Waals surface area contributed by atoms with Crippen LogP contribution in [-0.4, -0.2) is 4.98 Å². The highest BCUT2D eigenvalue weighted by atomic mass is 32.1. The third kappa shape index (κ3) is 1.61. The van der Waals surface area contributed by atoms with E-state index in [1.807, 2.05) is 23.5 Å². The first kappa shape index (κ1) is 14.4. The Morgan fingerprint density at radius 1 is 0.690 bits per heavy atom. The van der Waals surface area contributed by atoms with Crippen molar-refractivity contribution < 1.29 is 4.42 Å². The molecule has 0 spiro atoms. The molecule has 0 bridgehead atoms. The van der Waals surface area contributed by atoms with Gasteiger partial charge in [-0.15, -0.1) is 11.3 Å². The fourth-order valence-electron chi connectivity index (χ4n) is 5.12. The molecule has 29 heavy (non-hydrogen) atoms. The van der Waals surface area contributed by atoms with E-state index >= 15 is 0 Å². The predicted molar refractivity (Wildman–Crippen MR) is 125 cm³/mol. The van der Waals surface area contributed by atoms with Crippen LogP contribution in [0.3, 0.4) is 0 Å². The Bertz CT molecular complexity index is 1910. The molecule has 1 N–H and O–H groups in total. The van der Waals surface area contributed by atoms with Gasteiger partial charge in [0.2, 0.25) is 0 Å². The molecule has 3 heterocycles. The Balaban J connectivity index is 1.68. The van der Waals surface area contributed by atoms with E-state index in [1.54, 1.807) is 0 Å². The van der Waals surface area contributed by atoms with Gasteiger partial charge in [-0.25, -0.2) is 0 Å². The summed E-state index contributed by atoms with van der Waals surface area (Å²) in [5, 5.41) is 10.1. The van der Waals surface area contributed by atoms with Crippen molar-refractivity contribution in [2.45, 2.75) is 0 Å². The van der Waals surface area contributed by atoms with Gasteiger partial charge >= 0.3 is 0 Å². The molecule has 0 saturated carbocycles. The summed E-state index contributed by atoms with van der Waals surface area (Å²) in [5.41, 5.74) is 4.36. The molecule has 0 aliphatic carbocycles. The number of furan rings is 1. The molecule has 3 aromatic heterocycles. The van der Waals surface area contributed by atoms with Crippen LogP contribution in [0, 0.1) is 0 Å². The van der Waals surface area contributed by atoms with Gasteiger partial charge in [0.05, 0.1) is 10.2 Å². The van der Waals surface area contributed by atoms with Crippen molar-refractivity contribution in [3.8, 4) is 0 Å². The largest absolute Gasteiger partial charge is 0.455 e. The van der Waals surface area contributed by atoms with Crippen LogP contribution < -0.4 is 0 Å². The molecule has 0 saturated heterocycles. The van der Waals surface area contributed by atoms with Crippen molar-refractivity contribution in [2.24, 2.45) is 0 Å². The van der Waals surface area contributed by atoms with Crippen molar-refractivity contribution >= 4 is 86.0 Å². The van der Waals surface area contributed by atoms with Gasteiger partial charge in [0, 0.05) is 47.9 Å². The molecule has 134 valence electrons. The number of aromatic amines is 1. The summed E-state index contributed by atoms with van der Waals surface area (Å²) in [7, 11) is 0. The zero-order valence-corrected chi connectivity index (χ0v) is 16.1. The highest BCUT2D eigenvalue weighted by Gasteiger charge is 2.20. The number of para-hydroxylation sites is 1. The van der Waals surface area contributed by atoms with Gasteiger partial charge in [-0.3, -0.25) is 0 Å². The van der Waals surface area contributed by atoms with E-state index in [9.17, 15) is 0 Å². The summed E-state index contributed by atoms with van der Waals surface area (Å²) in [6, 6.07) is 26.1. The summed E-state index contributed by atoms with van der Waals surface area (Å²) in [6.45, 7) is 0. The maximum Gasteiger partial charge on any atom is 0.143 e. The van der Waals surface area contributed by atoms with E-state index < -0.39 is 0 Å². The number of H-pyrrole nitrogens is 1. The van der Waals surface area contributed by atoms with E-state index in [1.165, 1.54) is 63.5 Å². The molecule has 0 fully saturated rings. The summed E-state index contributed by atoms with van der Waals surface area (Å²) >= 11 is 1.88. The molecule has 5 aromatic carbocycles. The van der Waals surface area contributed by atoms with Crippen molar-refractivity contribution in [2.75, 3.05) is 0 Å². The number of fused-ring (bicyclic) bond motifs is 8. The Hall–Kier alpha value is -3.56. The topological polar surface area (TPSA) is 28.9 Å². The number of hydrogen-bond acceptors (Lipinski definition) is 2. The van der Waals surface area contributed by atoms with Gasteiger partial charge in [-0.05, 0) is 35.7 Å². The third-order valence-electron chi connectivity index (χ3n) is 6.34. The third-order valence-corrected chi connectivity index (χ3v) is 7.55. The van der Waals surface area contributed by atoms with Crippen molar-refractivity contribution in [3.05, 3.63) is 72.8 Å². The van der Waals surface area contributed by atoms with E-state index in [-0.39, 0.29) is 0 Å². The Kier molecular flexibility index (Phi) is 2.34. The maximum absolute atomic E-state index is 6.30. The van der Waals surface area contributed by atoms with Gasteiger partial charge in [-0.1, -0.05) is 42.5 Å². The minimum Gasteiger partial charge on any atom is -0.455 e. The summed E-state index contributed by atoms with van der Waals surface area (Å²) < 4.78 is 8.98. The van der Waals surface area contributed by atoms with Crippen molar-refractivity contribution in [1.29, 1.82) is 0 Å². The Morgan fingerprint density at radius 2 is 1.55 bits per heavy atom. The number of thiophene rings is 1. The molecule has 0 aliphatic rings. The van der Waals surface area contributed by atoms with Crippen LogP contribution >= 0.6 is 11.3 Å². The van der Waals surface area contributed by atoms with Crippen LogP contribution in [0.5, 0.6) is 0 Å². The highest BCUT2D eigenvalue weighted by molar-refractivity contribution is 7.26. The Labute approximate surface area is 168 Å². The lowest BCUT2D eigenvalue weighted by molar-refractivity contribution is 0.673. The average molecular weight is 387 g/mol. The summed E-state index contributed by atoms with van der Waals surface area (Å²) in [6.07, 6.45) is 0. The standard InChI is InChI=1S/C26H13NOS/c1-3-7-20-14(5-1)17-12-19-23-16(25(17)28-20)10-9-13-11-18-15-6-2-4-8-21(15)29-26(18)24(27-19)22(13)23/h1-12,27H.